The number of hydrogen-bond acceptors (Lipinski definition) is 5. The maximum atomic E-state index is 12.6. The van der Waals surface area contributed by atoms with Gasteiger partial charge in [-0.15, -0.1) is 11.3 Å². The molecule has 0 aliphatic heterocycles. The van der Waals surface area contributed by atoms with Crippen LogP contribution < -0.4 is 0 Å². The fraction of sp³-hybridized carbons (Fsp3) is 0.625. The molecule has 0 N–H and O–H groups in total. The van der Waals surface area contributed by atoms with Crippen molar-refractivity contribution in [3.8, 4) is 0 Å². The number of rotatable bonds is 8. The summed E-state index contributed by atoms with van der Waals surface area (Å²) in [5.41, 5.74) is 0. The molecule has 122 valence electrons. The normalized spacial score (nSPS) is 19.8. The molecule has 0 bridgehead atoms. The Balaban J connectivity index is 1.92. The first-order valence-corrected chi connectivity index (χ1v) is 8.29. The molecule has 1 fully saturated rings. The van der Waals surface area contributed by atoms with Crippen molar-refractivity contribution in [1.82, 2.24) is 4.90 Å². The minimum Gasteiger partial charge on any atom is -0.469 e. The summed E-state index contributed by atoms with van der Waals surface area (Å²) >= 11 is 1.76. The second-order valence-electron chi connectivity index (χ2n) is 5.54. The Morgan fingerprint density at radius 2 is 2.09 bits per heavy atom. The molecule has 22 heavy (non-hydrogen) atoms. The maximum Gasteiger partial charge on any atom is 0.307 e. The summed E-state index contributed by atoms with van der Waals surface area (Å²) in [7, 11) is 2.97. The first-order chi connectivity index (χ1) is 10.6. The van der Waals surface area contributed by atoms with Crippen molar-refractivity contribution in [3.63, 3.8) is 0 Å². The van der Waals surface area contributed by atoms with Crippen LogP contribution >= 0.6 is 11.3 Å². The molecule has 1 aromatic heterocycles. The standard InChI is InChI=1S/C16H23NO4S/c1-11-4-5-14(22-11)12-10-13(12)16(19)17(8-9-20-2)7-6-15(18)21-3/h4-5,12-13H,6-10H2,1-3H3. The lowest BCUT2D eigenvalue weighted by atomic mass is 10.2. The van der Waals surface area contributed by atoms with Crippen molar-refractivity contribution in [1.29, 1.82) is 0 Å². The minimum atomic E-state index is -0.295. The van der Waals surface area contributed by atoms with E-state index in [0.717, 1.165) is 6.42 Å². The van der Waals surface area contributed by atoms with Gasteiger partial charge in [0.2, 0.25) is 5.91 Å². The number of methoxy groups -OCH3 is 2. The highest BCUT2D eigenvalue weighted by molar-refractivity contribution is 7.12. The topological polar surface area (TPSA) is 55.8 Å². The van der Waals surface area contributed by atoms with E-state index in [2.05, 4.69) is 23.8 Å². The Morgan fingerprint density at radius 1 is 1.32 bits per heavy atom. The molecule has 2 rings (SSSR count). The molecule has 0 saturated heterocycles. The Morgan fingerprint density at radius 3 is 2.68 bits per heavy atom. The van der Waals surface area contributed by atoms with Crippen LogP contribution in [0, 0.1) is 12.8 Å². The first-order valence-electron chi connectivity index (χ1n) is 7.47. The van der Waals surface area contributed by atoms with Gasteiger partial charge in [-0.1, -0.05) is 0 Å². The molecule has 0 radical (unpaired) electrons. The molecule has 1 amide bonds. The average Bonchev–Trinajstić information content (AvgIpc) is 3.21. The first kappa shape index (κ1) is 17.0. The number of nitrogens with zero attached hydrogens (tertiary/aromatic N) is 1. The van der Waals surface area contributed by atoms with Crippen LogP contribution in [0.5, 0.6) is 0 Å². The van der Waals surface area contributed by atoms with Gasteiger partial charge in [-0.2, -0.15) is 0 Å². The fourth-order valence-corrected chi connectivity index (χ4v) is 3.59. The number of aryl methyl sites for hydroxylation is 1. The minimum absolute atomic E-state index is 0.0487. The van der Waals surface area contributed by atoms with E-state index in [-0.39, 0.29) is 24.2 Å². The lowest BCUT2D eigenvalue weighted by Gasteiger charge is -2.22. The Kier molecular flexibility index (Phi) is 5.97. The van der Waals surface area contributed by atoms with Crippen molar-refractivity contribution in [2.45, 2.75) is 25.7 Å². The Hall–Kier alpha value is -1.40. The maximum absolute atomic E-state index is 12.6. The van der Waals surface area contributed by atoms with Gasteiger partial charge in [0.1, 0.15) is 0 Å². The molecule has 1 heterocycles. The zero-order chi connectivity index (χ0) is 16.1. The molecule has 6 heteroatoms. The lowest BCUT2D eigenvalue weighted by Crippen LogP contribution is -2.37. The van der Waals surface area contributed by atoms with Gasteiger partial charge >= 0.3 is 5.97 Å². The molecule has 1 saturated carbocycles. The highest BCUT2D eigenvalue weighted by Crippen LogP contribution is 2.50. The zero-order valence-electron chi connectivity index (χ0n) is 13.3. The number of amides is 1. The van der Waals surface area contributed by atoms with E-state index in [0.29, 0.717) is 25.6 Å². The fourth-order valence-electron chi connectivity index (χ4n) is 2.53. The average molecular weight is 325 g/mol. The van der Waals surface area contributed by atoms with Crippen LogP contribution in [0.15, 0.2) is 12.1 Å². The van der Waals surface area contributed by atoms with Gasteiger partial charge in [-0.05, 0) is 25.5 Å². The molecule has 1 aliphatic rings. The Bertz CT molecular complexity index is 528. The number of carbonyl (C=O) groups is 2. The SMILES string of the molecule is COCCN(CCC(=O)OC)C(=O)C1CC1c1ccc(C)s1. The number of thiophene rings is 1. The summed E-state index contributed by atoms with van der Waals surface area (Å²) in [6, 6.07) is 4.21. The summed E-state index contributed by atoms with van der Waals surface area (Å²) in [6.45, 7) is 3.46. The molecule has 2 atom stereocenters. The van der Waals surface area contributed by atoms with Gasteiger partial charge in [0.15, 0.2) is 0 Å². The third-order valence-corrected chi connectivity index (χ3v) is 5.06. The highest BCUT2D eigenvalue weighted by atomic mass is 32.1. The van der Waals surface area contributed by atoms with Crippen molar-refractivity contribution in [3.05, 3.63) is 21.9 Å². The predicted octanol–water partition coefficient (Wildman–Crippen LogP) is 2.20. The monoisotopic (exact) mass is 325 g/mol. The molecule has 2 unspecified atom stereocenters. The van der Waals surface area contributed by atoms with Gasteiger partial charge in [-0.3, -0.25) is 9.59 Å². The number of ether oxygens (including phenoxy) is 2. The number of hydrogen-bond donors (Lipinski definition) is 0. The molecule has 0 aromatic carbocycles. The van der Waals surface area contributed by atoms with E-state index in [1.165, 1.54) is 16.9 Å². The van der Waals surface area contributed by atoms with Crippen LogP contribution in [-0.2, 0) is 19.1 Å². The quantitative estimate of drug-likeness (QED) is 0.688. The van der Waals surface area contributed by atoms with E-state index < -0.39 is 0 Å². The summed E-state index contributed by atoms with van der Waals surface area (Å²) in [4.78, 5) is 28.2. The lowest BCUT2D eigenvalue weighted by molar-refractivity contribution is -0.142. The van der Waals surface area contributed by atoms with Crippen LogP contribution in [0.4, 0.5) is 0 Å². The van der Waals surface area contributed by atoms with Crippen LogP contribution in [0.3, 0.4) is 0 Å². The van der Waals surface area contributed by atoms with Crippen LogP contribution in [0.2, 0.25) is 0 Å². The van der Waals surface area contributed by atoms with Gasteiger partial charge in [0, 0.05) is 41.8 Å². The molecular weight excluding hydrogens is 302 g/mol. The van der Waals surface area contributed by atoms with Gasteiger partial charge in [0.25, 0.3) is 0 Å². The molecule has 0 spiro atoms. The van der Waals surface area contributed by atoms with Gasteiger partial charge in [-0.25, -0.2) is 0 Å². The third kappa shape index (κ3) is 4.30. The largest absolute Gasteiger partial charge is 0.469 e. The third-order valence-electron chi connectivity index (χ3n) is 3.92. The van der Waals surface area contributed by atoms with Gasteiger partial charge in [0.05, 0.1) is 20.1 Å². The van der Waals surface area contributed by atoms with E-state index in [1.807, 2.05) is 0 Å². The van der Waals surface area contributed by atoms with Crippen molar-refractivity contribution in [2.75, 3.05) is 33.9 Å². The second-order valence-corrected chi connectivity index (χ2v) is 6.86. The summed E-state index contributed by atoms with van der Waals surface area (Å²) in [5, 5.41) is 0. The van der Waals surface area contributed by atoms with E-state index in [4.69, 9.17) is 4.74 Å². The van der Waals surface area contributed by atoms with Crippen LogP contribution in [0.25, 0.3) is 0 Å². The van der Waals surface area contributed by atoms with Crippen molar-refractivity contribution < 1.29 is 19.1 Å². The van der Waals surface area contributed by atoms with E-state index in [1.54, 1.807) is 23.3 Å². The highest BCUT2D eigenvalue weighted by Gasteiger charge is 2.46. The smallest absolute Gasteiger partial charge is 0.307 e. The van der Waals surface area contributed by atoms with Crippen LogP contribution in [-0.4, -0.2) is 50.7 Å². The number of carbonyl (C=O) groups excluding carboxylic acids is 2. The summed E-state index contributed by atoms with van der Waals surface area (Å²) < 4.78 is 9.71. The van der Waals surface area contributed by atoms with E-state index in [9.17, 15) is 9.59 Å². The van der Waals surface area contributed by atoms with Crippen molar-refractivity contribution >= 4 is 23.2 Å². The summed E-state index contributed by atoms with van der Waals surface area (Å²) in [5.74, 6) is 0.218. The second kappa shape index (κ2) is 7.74. The van der Waals surface area contributed by atoms with Gasteiger partial charge < -0.3 is 14.4 Å². The van der Waals surface area contributed by atoms with Crippen molar-refractivity contribution in [2.24, 2.45) is 5.92 Å². The molecular formula is C16H23NO4S. The summed E-state index contributed by atoms with van der Waals surface area (Å²) in [6.07, 6.45) is 1.13. The Labute approximate surface area is 135 Å². The molecule has 1 aliphatic carbocycles. The van der Waals surface area contributed by atoms with E-state index >= 15 is 0 Å². The van der Waals surface area contributed by atoms with Crippen LogP contribution in [0.1, 0.15) is 28.5 Å². The molecule has 5 nitrogen and oxygen atoms in total. The predicted molar refractivity (Wildman–Crippen MR) is 85.0 cm³/mol. The zero-order valence-corrected chi connectivity index (χ0v) is 14.1. The number of esters is 1. The molecule has 1 aromatic rings.